The van der Waals surface area contributed by atoms with E-state index in [1.54, 1.807) is 18.2 Å². The fourth-order valence-corrected chi connectivity index (χ4v) is 1.71. The van der Waals surface area contributed by atoms with Gasteiger partial charge in [0.1, 0.15) is 5.75 Å². The summed E-state index contributed by atoms with van der Waals surface area (Å²) in [7, 11) is 0. The van der Waals surface area contributed by atoms with E-state index >= 15 is 0 Å². The van der Waals surface area contributed by atoms with Crippen molar-refractivity contribution in [3.8, 4) is 5.75 Å². The minimum Gasteiger partial charge on any atom is -0.508 e. The molecular formula is C14H9F3O2. The number of hydrogen-bond acceptors (Lipinski definition) is 2. The zero-order valence-electron chi connectivity index (χ0n) is 9.61. The second kappa shape index (κ2) is 4.76. The number of carbonyl (C=O) groups is 1. The summed E-state index contributed by atoms with van der Waals surface area (Å²) < 4.78 is 38.5. The quantitative estimate of drug-likeness (QED) is 0.842. The monoisotopic (exact) mass is 266 g/mol. The fourth-order valence-electron chi connectivity index (χ4n) is 1.71. The largest absolute Gasteiger partial charge is 0.508 e. The van der Waals surface area contributed by atoms with Crippen molar-refractivity contribution in [2.24, 2.45) is 0 Å². The highest BCUT2D eigenvalue weighted by atomic mass is 19.4. The van der Waals surface area contributed by atoms with Crippen molar-refractivity contribution in [2.75, 3.05) is 0 Å². The third-order valence-corrected chi connectivity index (χ3v) is 2.59. The highest BCUT2D eigenvalue weighted by molar-refractivity contribution is 6.10. The minimum absolute atomic E-state index is 0.138. The number of carbonyl (C=O) groups excluding carboxylic acids is 1. The van der Waals surface area contributed by atoms with Crippen LogP contribution in [0.1, 0.15) is 21.5 Å². The number of aromatic hydroxyl groups is 1. The highest BCUT2D eigenvalue weighted by Gasteiger charge is 2.35. The van der Waals surface area contributed by atoms with E-state index in [0.29, 0.717) is 6.07 Å². The Morgan fingerprint density at radius 2 is 1.63 bits per heavy atom. The first-order chi connectivity index (χ1) is 8.89. The van der Waals surface area contributed by atoms with E-state index in [0.717, 1.165) is 12.1 Å². The maximum absolute atomic E-state index is 12.8. The molecule has 0 aliphatic carbocycles. The molecule has 0 heterocycles. The van der Waals surface area contributed by atoms with Gasteiger partial charge in [0.2, 0.25) is 0 Å². The van der Waals surface area contributed by atoms with E-state index in [1.165, 1.54) is 12.1 Å². The van der Waals surface area contributed by atoms with Crippen LogP contribution in [0.5, 0.6) is 5.75 Å². The predicted octanol–water partition coefficient (Wildman–Crippen LogP) is 3.64. The van der Waals surface area contributed by atoms with E-state index in [4.69, 9.17) is 0 Å². The van der Waals surface area contributed by atoms with Crippen LogP contribution < -0.4 is 0 Å². The van der Waals surface area contributed by atoms with E-state index in [1.807, 2.05) is 0 Å². The highest BCUT2D eigenvalue weighted by Crippen LogP contribution is 2.34. The Bertz CT molecular complexity index is 604. The summed E-state index contributed by atoms with van der Waals surface area (Å²) in [5, 5.41) is 9.28. The number of phenolic OH excluding ortho intramolecular Hbond substituents is 1. The van der Waals surface area contributed by atoms with Crippen LogP contribution in [0.15, 0.2) is 48.5 Å². The lowest BCUT2D eigenvalue weighted by atomic mass is 9.98. The lowest BCUT2D eigenvalue weighted by Gasteiger charge is -2.12. The lowest BCUT2D eigenvalue weighted by Crippen LogP contribution is -2.13. The van der Waals surface area contributed by atoms with Gasteiger partial charge in [-0.1, -0.05) is 30.3 Å². The normalized spacial score (nSPS) is 11.3. The van der Waals surface area contributed by atoms with E-state index in [-0.39, 0.29) is 11.3 Å². The number of halogens is 3. The Balaban J connectivity index is 2.56. The molecule has 0 unspecified atom stereocenters. The molecule has 0 bridgehead atoms. The molecule has 2 aromatic rings. The van der Waals surface area contributed by atoms with Gasteiger partial charge < -0.3 is 5.11 Å². The number of ketones is 1. The first kappa shape index (κ1) is 13.1. The van der Waals surface area contributed by atoms with Crippen LogP contribution in [-0.2, 0) is 6.18 Å². The van der Waals surface area contributed by atoms with Crippen LogP contribution in [0, 0.1) is 0 Å². The standard InChI is InChI=1S/C14H9F3O2/c15-14(16,17)12-7-6-10(18)8-11(12)13(19)9-4-2-1-3-5-9/h1-8,18H. The lowest BCUT2D eigenvalue weighted by molar-refractivity contribution is -0.137. The van der Waals surface area contributed by atoms with Gasteiger partial charge >= 0.3 is 6.18 Å². The van der Waals surface area contributed by atoms with Crippen LogP contribution in [-0.4, -0.2) is 10.9 Å². The topological polar surface area (TPSA) is 37.3 Å². The van der Waals surface area contributed by atoms with Gasteiger partial charge in [-0.05, 0) is 18.2 Å². The number of rotatable bonds is 2. The molecule has 1 N–H and O–H groups in total. The molecule has 98 valence electrons. The molecule has 19 heavy (non-hydrogen) atoms. The summed E-state index contributed by atoms with van der Waals surface area (Å²) >= 11 is 0. The molecule has 0 aromatic heterocycles. The third kappa shape index (κ3) is 2.76. The Hall–Kier alpha value is -2.30. The van der Waals surface area contributed by atoms with Crippen molar-refractivity contribution in [3.63, 3.8) is 0 Å². The zero-order valence-corrected chi connectivity index (χ0v) is 9.61. The SMILES string of the molecule is O=C(c1ccccc1)c1cc(O)ccc1C(F)(F)F. The first-order valence-electron chi connectivity index (χ1n) is 5.39. The predicted molar refractivity (Wildman–Crippen MR) is 63.0 cm³/mol. The van der Waals surface area contributed by atoms with E-state index < -0.39 is 23.1 Å². The van der Waals surface area contributed by atoms with Crippen LogP contribution in [0.2, 0.25) is 0 Å². The molecule has 2 aromatic carbocycles. The van der Waals surface area contributed by atoms with Gasteiger partial charge in [-0.3, -0.25) is 4.79 Å². The Labute approximate surface area is 107 Å². The molecular weight excluding hydrogens is 257 g/mol. The molecule has 0 saturated heterocycles. The Morgan fingerprint density at radius 1 is 1.00 bits per heavy atom. The van der Waals surface area contributed by atoms with Gasteiger partial charge in [0.15, 0.2) is 5.78 Å². The van der Waals surface area contributed by atoms with Crippen molar-refractivity contribution >= 4 is 5.78 Å². The van der Waals surface area contributed by atoms with Crippen LogP contribution in [0.4, 0.5) is 13.2 Å². The average Bonchev–Trinajstić information content (AvgIpc) is 2.37. The van der Waals surface area contributed by atoms with Gasteiger partial charge in [-0.15, -0.1) is 0 Å². The molecule has 0 amide bonds. The maximum Gasteiger partial charge on any atom is 0.417 e. The molecule has 0 aliphatic heterocycles. The molecule has 0 spiro atoms. The molecule has 0 saturated carbocycles. The fraction of sp³-hybridized carbons (Fsp3) is 0.0714. The third-order valence-electron chi connectivity index (χ3n) is 2.59. The van der Waals surface area contributed by atoms with Crippen LogP contribution in [0.25, 0.3) is 0 Å². The molecule has 2 nitrogen and oxygen atoms in total. The summed E-state index contributed by atoms with van der Waals surface area (Å²) in [6.07, 6.45) is -4.65. The van der Waals surface area contributed by atoms with Crippen molar-refractivity contribution in [2.45, 2.75) is 6.18 Å². The number of hydrogen-bond donors (Lipinski definition) is 1. The summed E-state index contributed by atoms with van der Waals surface area (Å²) in [5.41, 5.74) is -1.48. The van der Waals surface area contributed by atoms with Gasteiger partial charge in [-0.25, -0.2) is 0 Å². The summed E-state index contributed by atoms with van der Waals surface area (Å²) in [6, 6.07) is 10.1. The molecule has 5 heteroatoms. The Morgan fingerprint density at radius 3 is 2.21 bits per heavy atom. The first-order valence-corrected chi connectivity index (χ1v) is 5.39. The molecule has 0 atom stereocenters. The molecule has 0 radical (unpaired) electrons. The van der Waals surface area contributed by atoms with Gasteiger partial charge in [0.05, 0.1) is 5.56 Å². The van der Waals surface area contributed by atoms with Crippen molar-refractivity contribution in [3.05, 3.63) is 65.2 Å². The van der Waals surface area contributed by atoms with Gasteiger partial charge in [-0.2, -0.15) is 13.2 Å². The molecule has 0 fully saturated rings. The maximum atomic E-state index is 12.8. The molecule has 0 aliphatic rings. The van der Waals surface area contributed by atoms with Crippen LogP contribution >= 0.6 is 0 Å². The van der Waals surface area contributed by atoms with Crippen molar-refractivity contribution < 1.29 is 23.1 Å². The second-order valence-electron chi connectivity index (χ2n) is 3.92. The van der Waals surface area contributed by atoms with E-state index in [2.05, 4.69) is 0 Å². The number of benzene rings is 2. The smallest absolute Gasteiger partial charge is 0.417 e. The average molecular weight is 266 g/mol. The summed E-state index contributed by atoms with van der Waals surface area (Å²) in [6.45, 7) is 0. The summed E-state index contributed by atoms with van der Waals surface area (Å²) in [5.74, 6) is -1.16. The number of phenols is 1. The second-order valence-corrected chi connectivity index (χ2v) is 3.92. The number of alkyl halides is 3. The molecule has 2 rings (SSSR count). The van der Waals surface area contributed by atoms with Gasteiger partial charge in [0, 0.05) is 11.1 Å². The van der Waals surface area contributed by atoms with Crippen molar-refractivity contribution in [1.82, 2.24) is 0 Å². The van der Waals surface area contributed by atoms with Gasteiger partial charge in [0.25, 0.3) is 0 Å². The van der Waals surface area contributed by atoms with Crippen LogP contribution in [0.3, 0.4) is 0 Å². The Kier molecular flexibility index (Phi) is 3.29. The zero-order chi connectivity index (χ0) is 14.0. The minimum atomic E-state index is -4.65. The van der Waals surface area contributed by atoms with E-state index in [9.17, 15) is 23.1 Å². The summed E-state index contributed by atoms with van der Waals surface area (Å²) in [4.78, 5) is 12.1. The van der Waals surface area contributed by atoms with Crippen molar-refractivity contribution in [1.29, 1.82) is 0 Å².